The standard InChI is InChI=1S/C14H22N6O/c1-4-15-13-18-11-10(16-9-17-11)12(19-13)20-7-5-6-14(2,8-20)21-3/h9H,4-8H2,1-3H3,(H2,15,16,17,18,19). The van der Waals surface area contributed by atoms with Gasteiger partial charge in [-0.2, -0.15) is 9.97 Å². The second-order valence-electron chi connectivity index (χ2n) is 5.68. The van der Waals surface area contributed by atoms with Gasteiger partial charge in [-0.3, -0.25) is 0 Å². The van der Waals surface area contributed by atoms with Gasteiger partial charge in [-0.05, 0) is 26.7 Å². The van der Waals surface area contributed by atoms with Crippen LogP contribution in [0.15, 0.2) is 6.33 Å². The molecule has 21 heavy (non-hydrogen) atoms. The Morgan fingerprint density at radius 2 is 2.33 bits per heavy atom. The first-order valence-electron chi connectivity index (χ1n) is 7.40. The highest BCUT2D eigenvalue weighted by Gasteiger charge is 2.32. The summed E-state index contributed by atoms with van der Waals surface area (Å²) in [6.07, 6.45) is 3.82. The number of H-pyrrole nitrogens is 1. The van der Waals surface area contributed by atoms with Gasteiger partial charge in [-0.25, -0.2) is 4.98 Å². The molecule has 0 radical (unpaired) electrons. The van der Waals surface area contributed by atoms with Gasteiger partial charge in [-0.1, -0.05) is 0 Å². The summed E-state index contributed by atoms with van der Waals surface area (Å²) < 4.78 is 5.68. The van der Waals surface area contributed by atoms with Gasteiger partial charge < -0.3 is 19.9 Å². The third kappa shape index (κ3) is 2.65. The second-order valence-corrected chi connectivity index (χ2v) is 5.68. The van der Waals surface area contributed by atoms with E-state index in [4.69, 9.17) is 4.74 Å². The van der Waals surface area contributed by atoms with Crippen LogP contribution in [0.2, 0.25) is 0 Å². The van der Waals surface area contributed by atoms with E-state index in [0.29, 0.717) is 11.6 Å². The number of aromatic nitrogens is 4. The first-order valence-corrected chi connectivity index (χ1v) is 7.40. The van der Waals surface area contributed by atoms with Crippen molar-refractivity contribution >= 4 is 22.9 Å². The van der Waals surface area contributed by atoms with Gasteiger partial charge in [0.1, 0.15) is 5.52 Å². The van der Waals surface area contributed by atoms with Crippen molar-refractivity contribution in [1.82, 2.24) is 19.9 Å². The largest absolute Gasteiger partial charge is 0.377 e. The molecule has 0 aliphatic carbocycles. The lowest BCUT2D eigenvalue weighted by Gasteiger charge is -2.40. The van der Waals surface area contributed by atoms with E-state index in [0.717, 1.165) is 43.8 Å². The van der Waals surface area contributed by atoms with Gasteiger partial charge in [0.25, 0.3) is 0 Å². The van der Waals surface area contributed by atoms with Crippen molar-refractivity contribution in [2.24, 2.45) is 0 Å². The average molecular weight is 290 g/mol. The first kappa shape index (κ1) is 14.1. The van der Waals surface area contributed by atoms with Gasteiger partial charge in [0.2, 0.25) is 5.95 Å². The molecule has 0 aromatic carbocycles. The summed E-state index contributed by atoms with van der Waals surface area (Å²) in [5.74, 6) is 1.52. The Labute approximate surface area is 124 Å². The van der Waals surface area contributed by atoms with Gasteiger partial charge in [0, 0.05) is 26.7 Å². The molecule has 0 saturated carbocycles. The molecule has 1 saturated heterocycles. The Morgan fingerprint density at radius 3 is 3.10 bits per heavy atom. The number of imidazole rings is 1. The van der Waals surface area contributed by atoms with Crippen LogP contribution < -0.4 is 10.2 Å². The molecule has 0 amide bonds. The van der Waals surface area contributed by atoms with E-state index >= 15 is 0 Å². The third-order valence-corrected chi connectivity index (χ3v) is 4.05. The van der Waals surface area contributed by atoms with Gasteiger partial charge in [0.15, 0.2) is 11.5 Å². The van der Waals surface area contributed by atoms with E-state index < -0.39 is 0 Å². The number of fused-ring (bicyclic) bond motifs is 1. The van der Waals surface area contributed by atoms with E-state index in [2.05, 4.69) is 37.1 Å². The second kappa shape index (κ2) is 5.48. The van der Waals surface area contributed by atoms with Crippen molar-refractivity contribution in [2.75, 3.05) is 37.0 Å². The van der Waals surface area contributed by atoms with Crippen LogP contribution in [0.1, 0.15) is 26.7 Å². The van der Waals surface area contributed by atoms with Crippen LogP contribution in [0, 0.1) is 0 Å². The zero-order valence-corrected chi connectivity index (χ0v) is 12.8. The maximum atomic E-state index is 5.68. The fourth-order valence-electron chi connectivity index (χ4n) is 2.84. The van der Waals surface area contributed by atoms with Crippen molar-refractivity contribution < 1.29 is 4.74 Å². The molecule has 3 heterocycles. The van der Waals surface area contributed by atoms with Crippen LogP contribution in [0.25, 0.3) is 11.2 Å². The lowest BCUT2D eigenvalue weighted by molar-refractivity contribution is -0.00475. The maximum Gasteiger partial charge on any atom is 0.226 e. The highest BCUT2D eigenvalue weighted by molar-refractivity contribution is 5.84. The first-order chi connectivity index (χ1) is 10.1. The number of aromatic amines is 1. The monoisotopic (exact) mass is 290 g/mol. The van der Waals surface area contributed by atoms with Gasteiger partial charge in [0.05, 0.1) is 11.9 Å². The minimum atomic E-state index is -0.131. The number of hydrogen-bond donors (Lipinski definition) is 2. The molecule has 0 spiro atoms. The molecule has 2 aromatic rings. The highest BCUT2D eigenvalue weighted by Crippen LogP contribution is 2.30. The average Bonchev–Trinajstić information content (AvgIpc) is 2.95. The quantitative estimate of drug-likeness (QED) is 0.893. The molecule has 114 valence electrons. The highest BCUT2D eigenvalue weighted by atomic mass is 16.5. The van der Waals surface area contributed by atoms with Crippen LogP contribution in [-0.4, -0.2) is 52.3 Å². The van der Waals surface area contributed by atoms with Crippen molar-refractivity contribution in [3.05, 3.63) is 6.33 Å². The summed E-state index contributed by atoms with van der Waals surface area (Å²) in [6, 6.07) is 0. The number of nitrogens with one attached hydrogen (secondary N) is 2. The number of nitrogens with zero attached hydrogens (tertiary/aromatic N) is 4. The van der Waals surface area contributed by atoms with E-state index in [1.807, 2.05) is 6.92 Å². The van der Waals surface area contributed by atoms with Crippen LogP contribution >= 0.6 is 0 Å². The predicted molar refractivity (Wildman–Crippen MR) is 82.7 cm³/mol. The molecule has 7 heteroatoms. The normalized spacial score (nSPS) is 22.7. The van der Waals surface area contributed by atoms with Crippen LogP contribution in [-0.2, 0) is 4.74 Å². The molecule has 1 fully saturated rings. The van der Waals surface area contributed by atoms with Crippen LogP contribution in [0.3, 0.4) is 0 Å². The topological polar surface area (TPSA) is 79.0 Å². The minimum Gasteiger partial charge on any atom is -0.377 e. The molecular formula is C14H22N6O. The van der Waals surface area contributed by atoms with E-state index in [9.17, 15) is 0 Å². The smallest absolute Gasteiger partial charge is 0.226 e. The van der Waals surface area contributed by atoms with Crippen LogP contribution in [0.4, 0.5) is 11.8 Å². The molecule has 2 aromatic heterocycles. The molecular weight excluding hydrogens is 268 g/mol. The summed E-state index contributed by atoms with van der Waals surface area (Å²) in [5, 5.41) is 3.17. The fraction of sp³-hybridized carbons (Fsp3) is 0.643. The molecule has 1 unspecified atom stereocenters. The zero-order valence-electron chi connectivity index (χ0n) is 12.8. The number of hydrogen-bond acceptors (Lipinski definition) is 6. The minimum absolute atomic E-state index is 0.131. The Hall–Kier alpha value is -1.89. The zero-order chi connectivity index (χ0) is 14.9. The van der Waals surface area contributed by atoms with Crippen molar-refractivity contribution in [1.29, 1.82) is 0 Å². The number of piperidine rings is 1. The van der Waals surface area contributed by atoms with Gasteiger partial charge >= 0.3 is 0 Å². The number of ether oxygens (including phenoxy) is 1. The third-order valence-electron chi connectivity index (χ3n) is 4.05. The van der Waals surface area contributed by atoms with E-state index in [-0.39, 0.29) is 5.60 Å². The van der Waals surface area contributed by atoms with Crippen molar-refractivity contribution in [2.45, 2.75) is 32.3 Å². The molecule has 1 atom stereocenters. The van der Waals surface area contributed by atoms with Gasteiger partial charge in [-0.15, -0.1) is 0 Å². The molecule has 2 N–H and O–H groups in total. The summed E-state index contributed by atoms with van der Waals surface area (Å²) in [4.78, 5) is 18.8. The summed E-state index contributed by atoms with van der Waals surface area (Å²) in [7, 11) is 1.78. The fourth-order valence-corrected chi connectivity index (χ4v) is 2.84. The van der Waals surface area contributed by atoms with Crippen molar-refractivity contribution in [3.8, 4) is 0 Å². The molecule has 1 aliphatic rings. The predicted octanol–water partition coefficient (Wildman–Crippen LogP) is 1.79. The Morgan fingerprint density at radius 1 is 1.48 bits per heavy atom. The van der Waals surface area contributed by atoms with E-state index in [1.54, 1.807) is 13.4 Å². The number of rotatable bonds is 4. The summed E-state index contributed by atoms with van der Waals surface area (Å²) in [6.45, 7) is 6.75. The lowest BCUT2D eigenvalue weighted by Crippen LogP contribution is -2.47. The summed E-state index contributed by atoms with van der Waals surface area (Å²) in [5.41, 5.74) is 1.45. The summed E-state index contributed by atoms with van der Waals surface area (Å²) >= 11 is 0. The lowest BCUT2D eigenvalue weighted by atomic mass is 9.95. The molecule has 1 aliphatic heterocycles. The molecule has 7 nitrogen and oxygen atoms in total. The van der Waals surface area contributed by atoms with E-state index in [1.165, 1.54) is 0 Å². The Balaban J connectivity index is 2.00. The SMILES string of the molecule is CCNc1nc(N2CCCC(C)(OC)C2)c2[nH]cnc2n1. The number of methoxy groups -OCH3 is 1. The Bertz CT molecular complexity index is 627. The molecule has 3 rings (SSSR count). The maximum absolute atomic E-state index is 5.68. The molecule has 0 bridgehead atoms. The van der Waals surface area contributed by atoms with Crippen LogP contribution in [0.5, 0.6) is 0 Å². The van der Waals surface area contributed by atoms with Crippen molar-refractivity contribution in [3.63, 3.8) is 0 Å². The Kier molecular flexibility index (Phi) is 3.67. The number of anilines is 2.